The van der Waals surface area contributed by atoms with Gasteiger partial charge in [0.25, 0.3) is 5.91 Å². The average Bonchev–Trinajstić information content (AvgIpc) is 2.98. The molecule has 0 aliphatic heterocycles. The molecule has 0 radical (unpaired) electrons. The predicted octanol–water partition coefficient (Wildman–Crippen LogP) is 5.15. The highest BCUT2D eigenvalue weighted by atomic mass is 35.5. The van der Waals surface area contributed by atoms with E-state index in [0.29, 0.717) is 12.5 Å². The van der Waals surface area contributed by atoms with Crippen LogP contribution in [0.15, 0.2) is 47.5 Å². The van der Waals surface area contributed by atoms with Crippen LogP contribution in [-0.4, -0.2) is 40.6 Å². The van der Waals surface area contributed by atoms with E-state index in [1.165, 1.54) is 11.1 Å². The van der Waals surface area contributed by atoms with E-state index >= 15 is 0 Å². The molecule has 0 aliphatic carbocycles. The van der Waals surface area contributed by atoms with E-state index in [-0.39, 0.29) is 28.4 Å². The molecule has 43 heavy (non-hydrogen) atoms. The minimum absolute atomic E-state index is 0.0269. The number of nitrogen functional groups attached to an aromatic ring is 2. The summed E-state index contributed by atoms with van der Waals surface area (Å²) in [5, 5.41) is 12.9. The number of anilines is 2. The number of aliphatic hydroxyl groups is 1. The van der Waals surface area contributed by atoms with Crippen LogP contribution in [0.2, 0.25) is 5.15 Å². The van der Waals surface area contributed by atoms with E-state index < -0.39 is 12.0 Å². The van der Waals surface area contributed by atoms with Crippen LogP contribution < -0.4 is 27.3 Å². The van der Waals surface area contributed by atoms with E-state index in [1.807, 2.05) is 25.1 Å². The molecule has 2 unspecified atom stereocenters. The molecule has 2 aromatic carbocycles. The number of aliphatic imine (C=N–C) groups is 1. The van der Waals surface area contributed by atoms with E-state index in [0.717, 1.165) is 68.2 Å². The Morgan fingerprint density at radius 1 is 1.00 bits per heavy atom. The minimum Gasteiger partial charge on any atom is -0.496 e. The number of nitrogens with one attached hydrogen (secondary N) is 1. The predicted molar refractivity (Wildman–Crippen MR) is 173 cm³/mol. The number of hydrogen-bond donors (Lipinski definition) is 5. The molecule has 232 valence electrons. The van der Waals surface area contributed by atoms with Crippen molar-refractivity contribution in [2.45, 2.75) is 71.3 Å². The Balaban J connectivity index is 1.30. The number of aliphatic hydroxyl groups excluding tert-OH is 1. The van der Waals surface area contributed by atoms with Crippen LogP contribution in [0.1, 0.15) is 84.3 Å². The third kappa shape index (κ3) is 10.7. The van der Waals surface area contributed by atoms with Crippen molar-refractivity contribution in [2.24, 2.45) is 16.6 Å². The standard InChI is InChI=1S/C32H44ClN7O3/c1-20(10-17-25(41)24-16-11-21(2)26(19-24)43-3)7-6-9-23-14-12-22(13-15-23)8-4-5-18-37-32(36)40-31(42)27-29(34)39-30(35)28(33)38-27/h11-16,19-20,25,41H,4-10,17-18H2,1-3H3,(H4,34,35,39)(H3,36,37,40,42). The number of amides is 1. The second kappa shape index (κ2) is 16.7. The van der Waals surface area contributed by atoms with Crippen LogP contribution in [0.5, 0.6) is 5.75 Å². The molecule has 0 bridgehead atoms. The van der Waals surface area contributed by atoms with Crippen molar-refractivity contribution in [3.05, 3.63) is 75.6 Å². The summed E-state index contributed by atoms with van der Waals surface area (Å²) < 4.78 is 5.39. The van der Waals surface area contributed by atoms with E-state index in [9.17, 15) is 9.90 Å². The molecule has 2 atom stereocenters. The number of aryl methyl sites for hydroxylation is 3. The van der Waals surface area contributed by atoms with Gasteiger partial charge in [0.2, 0.25) is 0 Å². The van der Waals surface area contributed by atoms with Crippen molar-refractivity contribution in [3.8, 4) is 5.75 Å². The second-order valence-electron chi connectivity index (χ2n) is 10.9. The SMILES string of the molecule is COc1cc(C(O)CCC(C)CCCc2ccc(CCCCN=C(N)NC(=O)c3nc(Cl)c(N)nc3N)cc2)ccc1C. The summed E-state index contributed by atoms with van der Waals surface area (Å²) in [6.07, 6.45) is 7.25. The van der Waals surface area contributed by atoms with Gasteiger partial charge in [-0.05, 0) is 86.1 Å². The number of benzene rings is 2. The summed E-state index contributed by atoms with van der Waals surface area (Å²) in [5.74, 6) is 0.497. The normalized spacial score (nSPS) is 13.0. The first-order chi connectivity index (χ1) is 20.6. The van der Waals surface area contributed by atoms with Crippen molar-refractivity contribution >= 4 is 35.1 Å². The fraction of sp³-hybridized carbons (Fsp3) is 0.438. The van der Waals surface area contributed by atoms with E-state index in [1.54, 1.807) is 7.11 Å². The van der Waals surface area contributed by atoms with Gasteiger partial charge in [-0.15, -0.1) is 0 Å². The van der Waals surface area contributed by atoms with Gasteiger partial charge in [0.15, 0.2) is 28.4 Å². The molecule has 3 rings (SSSR count). The highest BCUT2D eigenvalue weighted by molar-refractivity contribution is 6.31. The van der Waals surface area contributed by atoms with Gasteiger partial charge in [0.1, 0.15) is 5.75 Å². The van der Waals surface area contributed by atoms with Gasteiger partial charge in [0.05, 0.1) is 13.2 Å². The van der Waals surface area contributed by atoms with Gasteiger partial charge in [-0.1, -0.05) is 61.3 Å². The van der Waals surface area contributed by atoms with Crippen LogP contribution in [0, 0.1) is 12.8 Å². The number of carbonyl (C=O) groups excluding carboxylic acids is 1. The molecule has 1 aromatic heterocycles. The molecule has 0 saturated carbocycles. The number of hydrogen-bond acceptors (Lipinski definition) is 8. The number of ether oxygens (including phenoxy) is 1. The lowest BCUT2D eigenvalue weighted by atomic mass is 9.93. The summed E-state index contributed by atoms with van der Waals surface area (Å²) in [5.41, 5.74) is 21.5. The Morgan fingerprint density at radius 2 is 1.67 bits per heavy atom. The molecule has 8 N–H and O–H groups in total. The summed E-state index contributed by atoms with van der Waals surface area (Å²) in [7, 11) is 1.66. The first-order valence-corrected chi connectivity index (χ1v) is 15.0. The van der Waals surface area contributed by atoms with Crippen LogP contribution in [0.4, 0.5) is 11.6 Å². The summed E-state index contributed by atoms with van der Waals surface area (Å²) in [6.45, 7) is 4.74. The van der Waals surface area contributed by atoms with Gasteiger partial charge in [-0.3, -0.25) is 15.1 Å². The van der Waals surface area contributed by atoms with Crippen molar-refractivity contribution in [1.82, 2.24) is 15.3 Å². The Kier molecular flexibility index (Phi) is 13.0. The summed E-state index contributed by atoms with van der Waals surface area (Å²) in [6, 6.07) is 14.7. The lowest BCUT2D eigenvalue weighted by molar-refractivity contribution is 0.0972. The highest BCUT2D eigenvalue weighted by Gasteiger charge is 2.17. The summed E-state index contributed by atoms with van der Waals surface area (Å²) >= 11 is 5.82. The average molecular weight is 610 g/mol. The maximum Gasteiger partial charge on any atom is 0.280 e. The monoisotopic (exact) mass is 609 g/mol. The minimum atomic E-state index is -0.652. The Bertz CT molecular complexity index is 1380. The maximum absolute atomic E-state index is 12.3. The van der Waals surface area contributed by atoms with Crippen LogP contribution in [-0.2, 0) is 12.8 Å². The zero-order chi connectivity index (χ0) is 31.4. The zero-order valence-corrected chi connectivity index (χ0v) is 26.0. The van der Waals surface area contributed by atoms with Crippen LogP contribution in [0.3, 0.4) is 0 Å². The number of carbonyl (C=O) groups is 1. The van der Waals surface area contributed by atoms with Crippen LogP contribution in [0.25, 0.3) is 0 Å². The largest absolute Gasteiger partial charge is 0.496 e. The lowest BCUT2D eigenvalue weighted by Crippen LogP contribution is -2.38. The van der Waals surface area contributed by atoms with Crippen molar-refractivity contribution in [2.75, 3.05) is 25.1 Å². The molecule has 0 aliphatic rings. The topological polar surface area (TPSA) is 175 Å². The van der Waals surface area contributed by atoms with Crippen molar-refractivity contribution < 1.29 is 14.6 Å². The quantitative estimate of drug-likeness (QED) is 0.0892. The number of nitrogens with zero attached hydrogens (tertiary/aromatic N) is 3. The molecular weight excluding hydrogens is 566 g/mol. The molecule has 11 heteroatoms. The number of halogens is 1. The number of rotatable bonds is 15. The maximum atomic E-state index is 12.3. The third-order valence-corrected chi connectivity index (χ3v) is 7.73. The van der Waals surface area contributed by atoms with Gasteiger partial charge in [0, 0.05) is 6.54 Å². The van der Waals surface area contributed by atoms with Gasteiger partial charge in [-0.2, -0.15) is 0 Å². The van der Waals surface area contributed by atoms with E-state index in [2.05, 4.69) is 51.5 Å². The smallest absolute Gasteiger partial charge is 0.280 e. The Morgan fingerprint density at radius 3 is 2.35 bits per heavy atom. The van der Waals surface area contributed by atoms with Crippen LogP contribution >= 0.6 is 11.6 Å². The fourth-order valence-corrected chi connectivity index (χ4v) is 4.92. The molecule has 0 spiro atoms. The molecular formula is C32H44ClN7O3. The third-order valence-electron chi connectivity index (χ3n) is 7.45. The molecule has 3 aromatic rings. The van der Waals surface area contributed by atoms with Crippen molar-refractivity contribution in [1.29, 1.82) is 0 Å². The fourth-order valence-electron chi connectivity index (χ4n) is 4.79. The Labute approximate surface area is 259 Å². The van der Waals surface area contributed by atoms with Gasteiger partial charge >= 0.3 is 0 Å². The number of unbranched alkanes of at least 4 members (excludes halogenated alkanes) is 1. The highest BCUT2D eigenvalue weighted by Crippen LogP contribution is 2.28. The summed E-state index contributed by atoms with van der Waals surface area (Å²) in [4.78, 5) is 24.1. The first-order valence-electron chi connectivity index (χ1n) is 14.7. The van der Waals surface area contributed by atoms with E-state index in [4.69, 9.17) is 33.5 Å². The van der Waals surface area contributed by atoms with Crippen molar-refractivity contribution in [3.63, 3.8) is 0 Å². The molecule has 0 saturated heterocycles. The lowest BCUT2D eigenvalue weighted by Gasteiger charge is -2.16. The number of guanidine groups is 1. The first kappa shape index (κ1) is 33.6. The molecule has 0 fully saturated rings. The molecule has 10 nitrogen and oxygen atoms in total. The van der Waals surface area contributed by atoms with Gasteiger partial charge < -0.3 is 27.0 Å². The molecule has 1 heterocycles. The zero-order valence-electron chi connectivity index (χ0n) is 25.3. The molecule has 1 amide bonds. The number of methoxy groups -OCH3 is 1. The van der Waals surface area contributed by atoms with Gasteiger partial charge in [-0.25, -0.2) is 9.97 Å². The number of nitrogens with two attached hydrogens (primary N) is 3. The number of aromatic nitrogens is 2. The Hall–Kier alpha value is -3.89. The second-order valence-corrected chi connectivity index (χ2v) is 11.3.